The maximum Gasteiger partial charge on any atom is 0.339 e. The third-order valence-electron chi connectivity index (χ3n) is 2.43. The molecule has 2 heterocycles. The van der Waals surface area contributed by atoms with Crippen LogP contribution in [0.1, 0.15) is 10.4 Å². The van der Waals surface area contributed by atoms with Crippen LogP contribution in [0.15, 0.2) is 12.4 Å². The molecular weight excluding hydrogens is 238 g/mol. The minimum Gasteiger partial charge on any atom is -0.478 e. The fraction of sp³-hybridized carbons (Fsp3) is 0.200. The molecule has 4 N–H and O–H groups in total. The minimum atomic E-state index is -1.14. The molecule has 0 aliphatic rings. The van der Waals surface area contributed by atoms with Gasteiger partial charge in [-0.2, -0.15) is 5.10 Å². The Morgan fingerprint density at radius 1 is 1.50 bits per heavy atom. The summed E-state index contributed by atoms with van der Waals surface area (Å²) in [5.74, 6) is -1.72. The molecule has 1 amide bonds. The SMILES string of the molecule is Cn1ncc2c(NCC(N)=O)c(C(=O)O)cnc21. The van der Waals surface area contributed by atoms with Gasteiger partial charge < -0.3 is 16.2 Å². The molecule has 2 aromatic heterocycles. The number of aromatic nitrogens is 3. The lowest BCUT2D eigenvalue weighted by Crippen LogP contribution is -2.23. The van der Waals surface area contributed by atoms with Gasteiger partial charge in [0.15, 0.2) is 5.65 Å². The van der Waals surface area contributed by atoms with E-state index in [-0.39, 0.29) is 12.1 Å². The summed E-state index contributed by atoms with van der Waals surface area (Å²) in [6.45, 7) is -0.158. The van der Waals surface area contributed by atoms with Crippen LogP contribution in [0.25, 0.3) is 11.0 Å². The van der Waals surface area contributed by atoms with Crippen LogP contribution < -0.4 is 11.1 Å². The van der Waals surface area contributed by atoms with Crippen LogP contribution in [0.5, 0.6) is 0 Å². The van der Waals surface area contributed by atoms with E-state index in [4.69, 9.17) is 10.8 Å². The topological polar surface area (TPSA) is 123 Å². The Kier molecular flexibility index (Phi) is 2.84. The van der Waals surface area contributed by atoms with E-state index in [2.05, 4.69) is 15.4 Å². The number of fused-ring (bicyclic) bond motifs is 1. The highest BCUT2D eigenvalue weighted by Gasteiger charge is 2.16. The summed E-state index contributed by atoms with van der Waals surface area (Å²) in [6, 6.07) is 0. The zero-order chi connectivity index (χ0) is 13.3. The molecule has 8 heteroatoms. The van der Waals surface area contributed by atoms with Crippen LogP contribution in [-0.2, 0) is 11.8 Å². The molecule has 18 heavy (non-hydrogen) atoms. The number of aromatic carboxylic acids is 1. The summed E-state index contributed by atoms with van der Waals surface area (Å²) < 4.78 is 1.51. The van der Waals surface area contributed by atoms with Crippen molar-refractivity contribution in [3.8, 4) is 0 Å². The molecule has 0 bridgehead atoms. The standard InChI is InChI=1S/C10H11N5O3/c1-15-9-5(3-14-15)8(12-4-7(11)16)6(2-13-9)10(17)18/h2-3H,4H2,1H3,(H2,11,16)(H,12,13)(H,17,18). The zero-order valence-corrected chi connectivity index (χ0v) is 9.54. The Bertz CT molecular complexity index is 634. The van der Waals surface area contributed by atoms with Gasteiger partial charge in [-0.25, -0.2) is 9.78 Å². The normalized spacial score (nSPS) is 10.5. The number of nitrogens with zero attached hydrogens (tertiary/aromatic N) is 3. The second-order valence-electron chi connectivity index (χ2n) is 3.68. The third-order valence-corrected chi connectivity index (χ3v) is 2.43. The number of amides is 1. The Hall–Kier alpha value is -2.64. The second-order valence-corrected chi connectivity index (χ2v) is 3.68. The number of nitrogens with one attached hydrogen (secondary N) is 1. The summed E-state index contributed by atoms with van der Waals surface area (Å²) >= 11 is 0. The number of primary amides is 1. The lowest BCUT2D eigenvalue weighted by atomic mass is 10.2. The van der Waals surface area contributed by atoms with E-state index in [0.717, 1.165) is 0 Å². The van der Waals surface area contributed by atoms with Crippen molar-refractivity contribution >= 4 is 28.6 Å². The number of carbonyl (C=O) groups excluding carboxylic acids is 1. The third kappa shape index (κ3) is 1.95. The van der Waals surface area contributed by atoms with Gasteiger partial charge in [-0.1, -0.05) is 0 Å². The highest BCUT2D eigenvalue weighted by Crippen LogP contribution is 2.25. The molecule has 0 radical (unpaired) electrons. The van der Waals surface area contributed by atoms with Crippen LogP contribution in [0.3, 0.4) is 0 Å². The minimum absolute atomic E-state index is 0.0308. The molecule has 0 unspecified atom stereocenters. The molecule has 0 saturated heterocycles. The molecule has 0 aromatic carbocycles. The number of hydrogen-bond donors (Lipinski definition) is 3. The van der Waals surface area contributed by atoms with Crippen molar-refractivity contribution in [2.24, 2.45) is 12.8 Å². The number of aryl methyl sites for hydroxylation is 1. The van der Waals surface area contributed by atoms with E-state index >= 15 is 0 Å². The second kappa shape index (κ2) is 4.32. The van der Waals surface area contributed by atoms with Crippen LogP contribution in [-0.4, -0.2) is 38.3 Å². The van der Waals surface area contributed by atoms with Crippen LogP contribution in [0, 0.1) is 0 Å². The predicted octanol–water partition coefficient (Wildman–Crippen LogP) is -0.436. The highest BCUT2D eigenvalue weighted by atomic mass is 16.4. The number of hydrogen-bond acceptors (Lipinski definition) is 5. The molecule has 0 saturated carbocycles. The Morgan fingerprint density at radius 2 is 2.22 bits per heavy atom. The smallest absolute Gasteiger partial charge is 0.339 e. The van der Waals surface area contributed by atoms with Crippen molar-refractivity contribution in [2.75, 3.05) is 11.9 Å². The molecule has 2 aromatic rings. The molecule has 0 fully saturated rings. The first-order chi connectivity index (χ1) is 8.50. The molecular formula is C10H11N5O3. The van der Waals surface area contributed by atoms with Crippen molar-refractivity contribution in [3.05, 3.63) is 18.0 Å². The first-order valence-electron chi connectivity index (χ1n) is 5.07. The molecule has 0 atom stereocenters. The predicted molar refractivity (Wildman–Crippen MR) is 63.2 cm³/mol. The number of pyridine rings is 1. The van der Waals surface area contributed by atoms with Crippen LogP contribution in [0.4, 0.5) is 5.69 Å². The molecule has 0 aliphatic heterocycles. The summed E-state index contributed by atoms with van der Waals surface area (Å²) in [7, 11) is 1.69. The summed E-state index contributed by atoms with van der Waals surface area (Å²) in [6.07, 6.45) is 2.70. The molecule has 8 nitrogen and oxygen atoms in total. The van der Waals surface area contributed by atoms with E-state index in [0.29, 0.717) is 16.7 Å². The lowest BCUT2D eigenvalue weighted by molar-refractivity contribution is -0.116. The number of carbonyl (C=O) groups is 2. The van der Waals surface area contributed by atoms with Gasteiger partial charge >= 0.3 is 5.97 Å². The number of carboxylic acids is 1. The monoisotopic (exact) mass is 249 g/mol. The first-order valence-corrected chi connectivity index (χ1v) is 5.07. The van der Waals surface area contributed by atoms with E-state index in [1.807, 2.05) is 0 Å². The Morgan fingerprint density at radius 3 is 2.83 bits per heavy atom. The average molecular weight is 249 g/mol. The zero-order valence-electron chi connectivity index (χ0n) is 9.54. The van der Waals surface area contributed by atoms with Crippen LogP contribution in [0.2, 0.25) is 0 Å². The van der Waals surface area contributed by atoms with Gasteiger partial charge in [0.1, 0.15) is 5.56 Å². The fourth-order valence-corrected chi connectivity index (χ4v) is 1.62. The van der Waals surface area contributed by atoms with E-state index in [1.54, 1.807) is 7.05 Å². The van der Waals surface area contributed by atoms with Gasteiger partial charge in [-0.3, -0.25) is 9.48 Å². The Balaban J connectivity index is 2.59. The van der Waals surface area contributed by atoms with Gasteiger partial charge in [0, 0.05) is 13.2 Å². The maximum absolute atomic E-state index is 11.1. The fourth-order valence-electron chi connectivity index (χ4n) is 1.62. The summed E-state index contributed by atoms with van der Waals surface area (Å²) in [4.78, 5) is 25.9. The van der Waals surface area contributed by atoms with Crippen molar-refractivity contribution in [2.45, 2.75) is 0 Å². The van der Waals surface area contributed by atoms with Crippen molar-refractivity contribution < 1.29 is 14.7 Å². The number of nitrogens with two attached hydrogens (primary N) is 1. The Labute approximate surface area is 101 Å². The number of carboxylic acid groups (broad SMARTS) is 1. The van der Waals surface area contributed by atoms with Gasteiger partial charge in [0.25, 0.3) is 0 Å². The highest BCUT2D eigenvalue weighted by molar-refractivity contribution is 6.04. The number of rotatable bonds is 4. The van der Waals surface area contributed by atoms with Gasteiger partial charge in [0.2, 0.25) is 5.91 Å². The largest absolute Gasteiger partial charge is 0.478 e. The average Bonchev–Trinajstić information content (AvgIpc) is 2.68. The lowest BCUT2D eigenvalue weighted by Gasteiger charge is -2.08. The summed E-state index contributed by atoms with van der Waals surface area (Å²) in [5.41, 5.74) is 5.81. The van der Waals surface area contributed by atoms with Crippen molar-refractivity contribution in [1.29, 1.82) is 0 Å². The molecule has 0 aliphatic carbocycles. The first kappa shape index (κ1) is 11.8. The van der Waals surface area contributed by atoms with Gasteiger partial charge in [-0.15, -0.1) is 0 Å². The van der Waals surface area contributed by atoms with Gasteiger partial charge in [0.05, 0.1) is 23.8 Å². The van der Waals surface area contributed by atoms with Crippen LogP contribution >= 0.6 is 0 Å². The van der Waals surface area contributed by atoms with Crippen molar-refractivity contribution in [3.63, 3.8) is 0 Å². The quantitative estimate of drug-likeness (QED) is 0.675. The number of anilines is 1. The molecule has 2 rings (SSSR count). The molecule has 0 spiro atoms. The van der Waals surface area contributed by atoms with E-state index < -0.39 is 11.9 Å². The van der Waals surface area contributed by atoms with Gasteiger partial charge in [-0.05, 0) is 0 Å². The maximum atomic E-state index is 11.1. The van der Waals surface area contributed by atoms with E-state index in [9.17, 15) is 9.59 Å². The molecule has 94 valence electrons. The van der Waals surface area contributed by atoms with Crippen molar-refractivity contribution in [1.82, 2.24) is 14.8 Å². The summed E-state index contributed by atoms with van der Waals surface area (Å²) in [5, 5.41) is 16.3. The van der Waals surface area contributed by atoms with E-state index in [1.165, 1.54) is 17.1 Å².